The van der Waals surface area contributed by atoms with Crippen LogP contribution in [0.4, 0.5) is 0 Å². The highest BCUT2D eigenvalue weighted by Crippen LogP contribution is 2.20. The van der Waals surface area contributed by atoms with E-state index in [0.29, 0.717) is 6.04 Å². The molecule has 0 fully saturated rings. The fourth-order valence-electron chi connectivity index (χ4n) is 1.88. The Bertz CT molecular complexity index is 482. The van der Waals surface area contributed by atoms with Crippen LogP contribution in [0.25, 0.3) is 0 Å². The van der Waals surface area contributed by atoms with E-state index in [1.165, 1.54) is 16.0 Å². The number of thioether (sulfide) groups is 1. The van der Waals surface area contributed by atoms with Gasteiger partial charge in [0.2, 0.25) is 0 Å². The Labute approximate surface area is 119 Å². The minimum atomic E-state index is 0.480. The van der Waals surface area contributed by atoms with Crippen LogP contribution in [0.2, 0.25) is 0 Å². The number of rotatable bonds is 6. The van der Waals surface area contributed by atoms with Gasteiger partial charge in [-0.25, -0.2) is 0 Å². The largest absolute Gasteiger partial charge is 0.316 e. The molecule has 1 atom stereocenters. The average molecular weight is 272 g/mol. The molecule has 2 aromatic rings. The molecule has 2 nitrogen and oxygen atoms in total. The van der Waals surface area contributed by atoms with Crippen molar-refractivity contribution in [1.82, 2.24) is 10.3 Å². The van der Waals surface area contributed by atoms with Gasteiger partial charge in [-0.1, -0.05) is 17.7 Å². The summed E-state index contributed by atoms with van der Waals surface area (Å²) < 4.78 is 0. The summed E-state index contributed by atoms with van der Waals surface area (Å²) in [6.45, 7) is 2.12. The first-order valence-corrected chi connectivity index (χ1v) is 7.52. The lowest BCUT2D eigenvalue weighted by Gasteiger charge is -2.15. The second kappa shape index (κ2) is 7.31. The van der Waals surface area contributed by atoms with Crippen molar-refractivity contribution in [2.24, 2.45) is 0 Å². The van der Waals surface area contributed by atoms with Gasteiger partial charge < -0.3 is 5.32 Å². The van der Waals surface area contributed by atoms with Gasteiger partial charge in [0.15, 0.2) is 0 Å². The summed E-state index contributed by atoms with van der Waals surface area (Å²) in [5.41, 5.74) is 2.64. The minimum Gasteiger partial charge on any atom is -0.316 e. The Morgan fingerprint density at radius 3 is 2.42 bits per heavy atom. The average Bonchev–Trinajstić information content (AvgIpc) is 2.46. The molecule has 1 heterocycles. The number of hydrogen-bond acceptors (Lipinski definition) is 3. The van der Waals surface area contributed by atoms with E-state index in [0.717, 1.165) is 12.2 Å². The maximum atomic E-state index is 4.05. The van der Waals surface area contributed by atoms with Crippen molar-refractivity contribution in [3.63, 3.8) is 0 Å². The van der Waals surface area contributed by atoms with Crippen LogP contribution in [0, 0.1) is 6.92 Å². The van der Waals surface area contributed by atoms with Crippen LogP contribution in [0.15, 0.2) is 53.7 Å². The first-order chi connectivity index (χ1) is 9.28. The molecule has 0 amide bonds. The molecular formula is C16H20N2S. The van der Waals surface area contributed by atoms with Crippen molar-refractivity contribution in [2.75, 3.05) is 12.8 Å². The van der Waals surface area contributed by atoms with Crippen LogP contribution in [-0.4, -0.2) is 23.8 Å². The molecule has 19 heavy (non-hydrogen) atoms. The number of benzene rings is 1. The molecule has 3 heteroatoms. The zero-order chi connectivity index (χ0) is 13.5. The van der Waals surface area contributed by atoms with Crippen LogP contribution < -0.4 is 5.32 Å². The van der Waals surface area contributed by atoms with E-state index in [4.69, 9.17) is 0 Å². The van der Waals surface area contributed by atoms with E-state index in [1.54, 1.807) is 0 Å². The zero-order valence-corrected chi connectivity index (χ0v) is 12.3. The molecule has 0 bridgehead atoms. The van der Waals surface area contributed by atoms with Gasteiger partial charge in [0.1, 0.15) is 0 Å². The van der Waals surface area contributed by atoms with E-state index >= 15 is 0 Å². The van der Waals surface area contributed by atoms with E-state index in [-0.39, 0.29) is 0 Å². The van der Waals surface area contributed by atoms with Crippen LogP contribution in [-0.2, 0) is 6.42 Å². The highest BCUT2D eigenvalue weighted by molar-refractivity contribution is 7.99. The quantitative estimate of drug-likeness (QED) is 0.817. The van der Waals surface area contributed by atoms with Crippen molar-refractivity contribution in [3.8, 4) is 0 Å². The smallest absolute Gasteiger partial charge is 0.0270 e. The Morgan fingerprint density at radius 1 is 1.11 bits per heavy atom. The molecule has 1 unspecified atom stereocenters. The van der Waals surface area contributed by atoms with Gasteiger partial charge >= 0.3 is 0 Å². The van der Waals surface area contributed by atoms with Gasteiger partial charge in [0.25, 0.3) is 0 Å². The van der Waals surface area contributed by atoms with Crippen LogP contribution in [0.1, 0.15) is 11.1 Å². The van der Waals surface area contributed by atoms with E-state index in [1.807, 2.05) is 31.2 Å². The SMILES string of the molecule is CNC(CSc1ccc(C)cc1)Cc1ccncc1. The zero-order valence-electron chi connectivity index (χ0n) is 11.5. The highest BCUT2D eigenvalue weighted by Gasteiger charge is 2.07. The van der Waals surface area contributed by atoms with Crippen molar-refractivity contribution >= 4 is 11.8 Å². The number of pyridine rings is 1. The molecule has 1 aromatic carbocycles. The van der Waals surface area contributed by atoms with E-state index in [2.05, 4.69) is 53.6 Å². The molecule has 0 saturated heterocycles. The van der Waals surface area contributed by atoms with Crippen molar-refractivity contribution < 1.29 is 0 Å². The topological polar surface area (TPSA) is 24.9 Å². The third kappa shape index (κ3) is 4.69. The number of likely N-dealkylation sites (N-methyl/N-ethyl adjacent to an activating group) is 1. The van der Waals surface area contributed by atoms with Crippen molar-refractivity contribution in [1.29, 1.82) is 0 Å². The van der Waals surface area contributed by atoms with Gasteiger partial charge in [-0.15, -0.1) is 11.8 Å². The fraction of sp³-hybridized carbons (Fsp3) is 0.312. The number of nitrogens with zero attached hydrogens (tertiary/aromatic N) is 1. The molecule has 0 aliphatic carbocycles. The number of aryl methyl sites for hydroxylation is 1. The standard InChI is InChI=1S/C16H20N2S/c1-13-3-5-16(6-4-13)19-12-15(17-2)11-14-7-9-18-10-8-14/h3-10,15,17H,11-12H2,1-2H3. The summed E-state index contributed by atoms with van der Waals surface area (Å²) >= 11 is 1.90. The van der Waals surface area contributed by atoms with E-state index in [9.17, 15) is 0 Å². The molecule has 0 saturated carbocycles. The second-order valence-corrected chi connectivity index (χ2v) is 5.76. The molecule has 0 radical (unpaired) electrons. The summed E-state index contributed by atoms with van der Waals surface area (Å²) in [6, 6.07) is 13.4. The van der Waals surface area contributed by atoms with Gasteiger partial charge in [0.05, 0.1) is 0 Å². The van der Waals surface area contributed by atoms with Gasteiger partial charge in [-0.2, -0.15) is 0 Å². The van der Waals surface area contributed by atoms with Gasteiger partial charge in [-0.3, -0.25) is 4.98 Å². The third-order valence-corrected chi connectivity index (χ3v) is 4.29. The van der Waals surface area contributed by atoms with Gasteiger partial charge in [-0.05, 0) is 50.2 Å². The highest BCUT2D eigenvalue weighted by atomic mass is 32.2. The first-order valence-electron chi connectivity index (χ1n) is 6.53. The maximum absolute atomic E-state index is 4.05. The number of hydrogen-bond donors (Lipinski definition) is 1. The lowest BCUT2D eigenvalue weighted by Crippen LogP contribution is -2.30. The Morgan fingerprint density at radius 2 is 1.79 bits per heavy atom. The van der Waals surface area contributed by atoms with Crippen molar-refractivity contribution in [3.05, 3.63) is 59.9 Å². The second-order valence-electron chi connectivity index (χ2n) is 4.67. The molecule has 100 valence electrons. The summed E-state index contributed by atoms with van der Waals surface area (Å²) in [6.07, 6.45) is 4.75. The minimum absolute atomic E-state index is 0.480. The number of nitrogens with one attached hydrogen (secondary N) is 1. The lowest BCUT2D eigenvalue weighted by atomic mass is 10.1. The molecular weight excluding hydrogens is 252 g/mol. The van der Waals surface area contributed by atoms with Crippen LogP contribution in [0.5, 0.6) is 0 Å². The van der Waals surface area contributed by atoms with Gasteiger partial charge in [0, 0.05) is 29.1 Å². The van der Waals surface area contributed by atoms with Crippen LogP contribution in [0.3, 0.4) is 0 Å². The Hall–Kier alpha value is -1.32. The third-order valence-electron chi connectivity index (χ3n) is 3.11. The van der Waals surface area contributed by atoms with Crippen molar-refractivity contribution in [2.45, 2.75) is 24.3 Å². The van der Waals surface area contributed by atoms with Crippen LogP contribution >= 0.6 is 11.8 Å². The first kappa shape index (κ1) is 14.1. The van der Waals surface area contributed by atoms with E-state index < -0.39 is 0 Å². The summed E-state index contributed by atoms with van der Waals surface area (Å²) in [7, 11) is 2.03. The fourth-order valence-corrected chi connectivity index (χ4v) is 2.89. The molecule has 0 spiro atoms. The molecule has 1 aromatic heterocycles. The lowest BCUT2D eigenvalue weighted by molar-refractivity contribution is 0.617. The molecule has 0 aliphatic rings. The Balaban J connectivity index is 1.87. The predicted molar refractivity (Wildman–Crippen MR) is 82.7 cm³/mol. The monoisotopic (exact) mass is 272 g/mol. The summed E-state index contributed by atoms with van der Waals surface area (Å²) in [5, 5.41) is 3.39. The molecule has 2 rings (SSSR count). The predicted octanol–water partition coefficient (Wildman–Crippen LogP) is 3.31. The summed E-state index contributed by atoms with van der Waals surface area (Å²) in [4.78, 5) is 5.39. The normalized spacial score (nSPS) is 12.3. The number of aromatic nitrogens is 1. The summed E-state index contributed by atoms with van der Waals surface area (Å²) in [5.74, 6) is 1.07. The maximum Gasteiger partial charge on any atom is 0.0270 e. The molecule has 0 aliphatic heterocycles. The Kier molecular flexibility index (Phi) is 5.43. The molecule has 1 N–H and O–H groups in total.